The van der Waals surface area contributed by atoms with Crippen LogP contribution in [0.4, 0.5) is 0 Å². The maximum Gasteiger partial charge on any atom is 0.0237 e. The molecule has 0 bridgehead atoms. The molecule has 0 aromatic heterocycles. The zero-order valence-corrected chi connectivity index (χ0v) is 10.6. The maximum absolute atomic E-state index is 2.58. The molecule has 86 valence electrons. The van der Waals surface area contributed by atoms with Crippen LogP contribution in [0, 0.1) is 0 Å². The van der Waals surface area contributed by atoms with Crippen LogP contribution in [0.25, 0.3) is 0 Å². The zero-order valence-electron chi connectivity index (χ0n) is 10.6. The van der Waals surface area contributed by atoms with Gasteiger partial charge >= 0.3 is 0 Å². The van der Waals surface area contributed by atoms with Crippen molar-refractivity contribution in [3.8, 4) is 0 Å². The predicted octanol–water partition coefficient (Wildman–Crippen LogP) is 3.77. The SMILES string of the molecule is CC/C=C1\CN(CCCC)C\C1=C/CC. The third-order valence-electron chi connectivity index (χ3n) is 2.93. The lowest BCUT2D eigenvalue weighted by Crippen LogP contribution is -2.20. The molecule has 1 heterocycles. The van der Waals surface area contributed by atoms with Gasteiger partial charge in [-0.05, 0) is 37.0 Å². The predicted molar refractivity (Wildman–Crippen MR) is 68.1 cm³/mol. The molecule has 0 aromatic carbocycles. The van der Waals surface area contributed by atoms with E-state index in [1.165, 1.54) is 32.5 Å². The van der Waals surface area contributed by atoms with Crippen LogP contribution in [0.1, 0.15) is 46.5 Å². The van der Waals surface area contributed by atoms with Crippen LogP contribution in [-0.4, -0.2) is 24.5 Å². The summed E-state index contributed by atoms with van der Waals surface area (Å²) in [7, 11) is 0. The zero-order chi connectivity index (χ0) is 11.1. The molecule has 0 N–H and O–H groups in total. The molecule has 1 aliphatic heterocycles. The third kappa shape index (κ3) is 3.83. The minimum Gasteiger partial charge on any atom is -0.295 e. The van der Waals surface area contributed by atoms with Gasteiger partial charge in [-0.2, -0.15) is 0 Å². The molecule has 0 aliphatic carbocycles. The Morgan fingerprint density at radius 1 is 1.00 bits per heavy atom. The van der Waals surface area contributed by atoms with Gasteiger partial charge in [-0.1, -0.05) is 39.3 Å². The quantitative estimate of drug-likeness (QED) is 0.663. The first-order valence-electron chi connectivity index (χ1n) is 6.42. The Morgan fingerprint density at radius 2 is 1.53 bits per heavy atom. The summed E-state index contributed by atoms with van der Waals surface area (Å²) in [6, 6.07) is 0. The van der Waals surface area contributed by atoms with Crippen LogP contribution < -0.4 is 0 Å². The van der Waals surface area contributed by atoms with Gasteiger partial charge in [0.1, 0.15) is 0 Å². The first-order chi connectivity index (χ1) is 7.31. The average Bonchev–Trinajstić information content (AvgIpc) is 2.59. The average molecular weight is 207 g/mol. The fourth-order valence-corrected chi connectivity index (χ4v) is 2.16. The Kier molecular flexibility index (Phi) is 5.70. The highest BCUT2D eigenvalue weighted by atomic mass is 15.1. The number of hydrogen-bond donors (Lipinski definition) is 0. The Labute approximate surface area is 94.9 Å². The highest BCUT2D eigenvalue weighted by Crippen LogP contribution is 2.23. The molecule has 15 heavy (non-hydrogen) atoms. The summed E-state index contributed by atoms with van der Waals surface area (Å²) in [4.78, 5) is 2.58. The lowest BCUT2D eigenvalue weighted by molar-refractivity contribution is 0.347. The van der Waals surface area contributed by atoms with Gasteiger partial charge in [0, 0.05) is 13.1 Å². The Bertz CT molecular complexity index is 216. The summed E-state index contributed by atoms with van der Waals surface area (Å²) in [5.41, 5.74) is 3.16. The Balaban J connectivity index is 2.57. The second kappa shape index (κ2) is 6.84. The largest absolute Gasteiger partial charge is 0.295 e. The van der Waals surface area contributed by atoms with Crippen molar-refractivity contribution in [3.05, 3.63) is 23.3 Å². The summed E-state index contributed by atoms with van der Waals surface area (Å²) < 4.78 is 0. The highest BCUT2D eigenvalue weighted by Gasteiger charge is 2.19. The number of likely N-dealkylation sites (tertiary alicyclic amines) is 1. The maximum atomic E-state index is 2.58. The van der Waals surface area contributed by atoms with Gasteiger partial charge in [-0.15, -0.1) is 0 Å². The monoisotopic (exact) mass is 207 g/mol. The minimum atomic E-state index is 1.16. The molecule has 0 saturated carbocycles. The molecule has 1 aliphatic rings. The van der Waals surface area contributed by atoms with Crippen LogP contribution in [0.5, 0.6) is 0 Å². The molecular weight excluding hydrogens is 182 g/mol. The fraction of sp³-hybridized carbons (Fsp3) is 0.714. The van der Waals surface area contributed by atoms with Gasteiger partial charge in [0.2, 0.25) is 0 Å². The Morgan fingerprint density at radius 3 is 1.93 bits per heavy atom. The van der Waals surface area contributed by atoms with E-state index in [-0.39, 0.29) is 0 Å². The van der Waals surface area contributed by atoms with Crippen molar-refractivity contribution < 1.29 is 0 Å². The molecule has 0 unspecified atom stereocenters. The standard InChI is InChI=1S/C14H25N/c1-4-7-10-15-11-13(8-5-2)14(12-15)9-6-3/h8-9H,4-7,10-12H2,1-3H3/b13-8+,14-9+. The van der Waals surface area contributed by atoms with E-state index >= 15 is 0 Å². The normalized spacial score (nSPS) is 23.1. The summed E-state index contributed by atoms with van der Waals surface area (Å²) >= 11 is 0. The molecule has 0 aromatic rings. The molecule has 1 saturated heterocycles. The minimum absolute atomic E-state index is 1.16. The van der Waals surface area contributed by atoms with E-state index in [0.29, 0.717) is 0 Å². The number of rotatable bonds is 5. The van der Waals surface area contributed by atoms with Gasteiger partial charge < -0.3 is 0 Å². The van der Waals surface area contributed by atoms with Gasteiger partial charge in [0.15, 0.2) is 0 Å². The molecule has 1 fully saturated rings. The summed E-state index contributed by atoms with van der Waals surface area (Å²) in [5, 5.41) is 0. The molecular formula is C14H25N. The second-order valence-electron chi connectivity index (χ2n) is 4.34. The number of nitrogens with zero attached hydrogens (tertiary/aromatic N) is 1. The van der Waals surface area contributed by atoms with E-state index in [1.54, 1.807) is 11.1 Å². The van der Waals surface area contributed by atoms with Gasteiger partial charge in [0.05, 0.1) is 0 Å². The highest BCUT2D eigenvalue weighted by molar-refractivity contribution is 5.37. The van der Waals surface area contributed by atoms with Crippen molar-refractivity contribution in [2.24, 2.45) is 0 Å². The van der Waals surface area contributed by atoms with E-state index < -0.39 is 0 Å². The molecule has 0 spiro atoms. The summed E-state index contributed by atoms with van der Waals surface area (Å²) in [6.07, 6.45) is 9.76. The first-order valence-corrected chi connectivity index (χ1v) is 6.42. The van der Waals surface area contributed by atoms with Crippen molar-refractivity contribution in [3.63, 3.8) is 0 Å². The number of allylic oxidation sites excluding steroid dienone is 2. The molecule has 0 radical (unpaired) electrons. The first kappa shape index (κ1) is 12.5. The van der Waals surface area contributed by atoms with Crippen molar-refractivity contribution >= 4 is 0 Å². The van der Waals surface area contributed by atoms with Gasteiger partial charge in [-0.25, -0.2) is 0 Å². The van der Waals surface area contributed by atoms with Crippen molar-refractivity contribution in [1.29, 1.82) is 0 Å². The number of hydrogen-bond acceptors (Lipinski definition) is 1. The lowest BCUT2D eigenvalue weighted by Gasteiger charge is -2.12. The van der Waals surface area contributed by atoms with Crippen LogP contribution in [0.2, 0.25) is 0 Å². The van der Waals surface area contributed by atoms with Crippen LogP contribution in [-0.2, 0) is 0 Å². The molecule has 1 heteroatoms. The number of unbranched alkanes of at least 4 members (excludes halogenated alkanes) is 1. The van der Waals surface area contributed by atoms with Gasteiger partial charge in [-0.3, -0.25) is 4.90 Å². The van der Waals surface area contributed by atoms with E-state index in [2.05, 4.69) is 37.8 Å². The van der Waals surface area contributed by atoms with E-state index in [4.69, 9.17) is 0 Å². The van der Waals surface area contributed by atoms with E-state index in [9.17, 15) is 0 Å². The van der Waals surface area contributed by atoms with Gasteiger partial charge in [0.25, 0.3) is 0 Å². The summed E-state index contributed by atoms with van der Waals surface area (Å²) in [5.74, 6) is 0. The third-order valence-corrected chi connectivity index (χ3v) is 2.93. The molecule has 1 nitrogen and oxygen atoms in total. The molecule has 1 rings (SSSR count). The van der Waals surface area contributed by atoms with Crippen molar-refractivity contribution in [1.82, 2.24) is 4.90 Å². The molecule has 0 atom stereocenters. The lowest BCUT2D eigenvalue weighted by atomic mass is 10.1. The van der Waals surface area contributed by atoms with Crippen molar-refractivity contribution in [2.45, 2.75) is 46.5 Å². The van der Waals surface area contributed by atoms with Crippen LogP contribution in [0.15, 0.2) is 23.3 Å². The van der Waals surface area contributed by atoms with E-state index in [0.717, 1.165) is 12.8 Å². The topological polar surface area (TPSA) is 3.24 Å². The van der Waals surface area contributed by atoms with Crippen LogP contribution in [0.3, 0.4) is 0 Å². The van der Waals surface area contributed by atoms with E-state index in [1.807, 2.05) is 0 Å². The smallest absolute Gasteiger partial charge is 0.0237 e. The summed E-state index contributed by atoms with van der Waals surface area (Å²) in [6.45, 7) is 10.3. The van der Waals surface area contributed by atoms with Crippen molar-refractivity contribution in [2.75, 3.05) is 19.6 Å². The van der Waals surface area contributed by atoms with Crippen LogP contribution >= 0.6 is 0 Å². The fourth-order valence-electron chi connectivity index (χ4n) is 2.16. The Hall–Kier alpha value is -0.560. The molecule has 0 amide bonds. The second-order valence-corrected chi connectivity index (χ2v) is 4.34.